The molecule has 0 aliphatic carbocycles. The van der Waals surface area contributed by atoms with Crippen molar-refractivity contribution in [3.63, 3.8) is 0 Å². The van der Waals surface area contributed by atoms with Crippen LogP contribution in [0.25, 0.3) is 0 Å². The highest BCUT2D eigenvalue weighted by Crippen LogP contribution is 2.19. The Morgan fingerprint density at radius 2 is 2.11 bits per heavy atom. The molecule has 0 radical (unpaired) electrons. The second kappa shape index (κ2) is 6.18. The molecule has 2 aliphatic heterocycles. The molecule has 18 heavy (non-hydrogen) atoms. The first kappa shape index (κ1) is 13.3. The van der Waals surface area contributed by atoms with Crippen molar-refractivity contribution in [1.82, 2.24) is 15.5 Å². The van der Waals surface area contributed by atoms with Crippen molar-refractivity contribution in [3.05, 3.63) is 0 Å². The Morgan fingerprint density at radius 1 is 1.39 bits per heavy atom. The van der Waals surface area contributed by atoms with Crippen molar-refractivity contribution in [1.29, 1.82) is 0 Å². The molecular weight excluding hydrogens is 230 g/mol. The highest BCUT2D eigenvalue weighted by molar-refractivity contribution is 5.90. The maximum Gasteiger partial charge on any atom is 0.245 e. The quantitative estimate of drug-likeness (QED) is 0.748. The van der Waals surface area contributed by atoms with Gasteiger partial charge >= 0.3 is 0 Å². The normalized spacial score (nSPS) is 25.3. The third-order valence-corrected chi connectivity index (χ3v) is 3.90. The van der Waals surface area contributed by atoms with Gasteiger partial charge < -0.3 is 15.5 Å². The van der Waals surface area contributed by atoms with Crippen LogP contribution in [-0.4, -0.2) is 48.9 Å². The van der Waals surface area contributed by atoms with Gasteiger partial charge in [0.15, 0.2) is 0 Å². The molecule has 5 nitrogen and oxygen atoms in total. The summed E-state index contributed by atoms with van der Waals surface area (Å²) in [4.78, 5) is 25.2. The fraction of sp³-hybridized carbons (Fsp3) is 0.846. The van der Waals surface area contributed by atoms with Gasteiger partial charge in [-0.3, -0.25) is 9.59 Å². The summed E-state index contributed by atoms with van der Waals surface area (Å²) in [7, 11) is 0. The molecule has 2 aliphatic rings. The van der Waals surface area contributed by atoms with E-state index >= 15 is 0 Å². The number of amides is 2. The van der Waals surface area contributed by atoms with Crippen LogP contribution in [0.3, 0.4) is 0 Å². The predicted molar refractivity (Wildman–Crippen MR) is 69.0 cm³/mol. The van der Waals surface area contributed by atoms with Crippen molar-refractivity contribution >= 4 is 11.8 Å². The zero-order chi connectivity index (χ0) is 13.0. The lowest BCUT2D eigenvalue weighted by Crippen LogP contribution is -2.48. The van der Waals surface area contributed by atoms with Gasteiger partial charge in [-0.05, 0) is 38.3 Å². The van der Waals surface area contributed by atoms with Crippen LogP contribution in [0.15, 0.2) is 0 Å². The number of hydrogen-bond acceptors (Lipinski definition) is 3. The molecule has 5 heteroatoms. The highest BCUT2D eigenvalue weighted by atomic mass is 16.2. The van der Waals surface area contributed by atoms with Crippen molar-refractivity contribution < 1.29 is 9.59 Å². The predicted octanol–water partition coefficient (Wildman–Crippen LogP) is 0.113. The summed E-state index contributed by atoms with van der Waals surface area (Å²) in [5.41, 5.74) is 0. The Kier molecular flexibility index (Phi) is 4.58. The van der Waals surface area contributed by atoms with Crippen molar-refractivity contribution in [3.8, 4) is 0 Å². The second-order valence-corrected chi connectivity index (χ2v) is 5.24. The van der Waals surface area contributed by atoms with Gasteiger partial charge in [-0.25, -0.2) is 0 Å². The van der Waals surface area contributed by atoms with E-state index in [1.54, 1.807) is 0 Å². The van der Waals surface area contributed by atoms with Crippen molar-refractivity contribution in [2.24, 2.45) is 5.92 Å². The van der Waals surface area contributed by atoms with E-state index in [2.05, 4.69) is 17.6 Å². The lowest BCUT2D eigenvalue weighted by atomic mass is 9.96. The highest BCUT2D eigenvalue weighted by Gasteiger charge is 2.32. The number of carbonyl (C=O) groups excluding carboxylic acids is 2. The maximum atomic E-state index is 12.2. The van der Waals surface area contributed by atoms with E-state index in [4.69, 9.17) is 0 Å². The fourth-order valence-electron chi connectivity index (χ4n) is 2.73. The zero-order valence-corrected chi connectivity index (χ0v) is 11.1. The lowest BCUT2D eigenvalue weighted by molar-refractivity contribution is -0.135. The first-order valence-corrected chi connectivity index (χ1v) is 6.99. The summed E-state index contributed by atoms with van der Waals surface area (Å²) >= 11 is 0. The van der Waals surface area contributed by atoms with Crippen LogP contribution in [0.1, 0.15) is 32.6 Å². The SMILES string of the molecule is CCNCC1CCN(C(=O)[C@H]2CCC(=O)N2)CC1. The van der Waals surface area contributed by atoms with Gasteiger partial charge in [-0.1, -0.05) is 6.92 Å². The smallest absolute Gasteiger partial charge is 0.245 e. The van der Waals surface area contributed by atoms with Crippen LogP contribution < -0.4 is 10.6 Å². The second-order valence-electron chi connectivity index (χ2n) is 5.24. The van der Waals surface area contributed by atoms with Crippen molar-refractivity contribution in [2.75, 3.05) is 26.2 Å². The van der Waals surface area contributed by atoms with Gasteiger partial charge in [-0.15, -0.1) is 0 Å². The summed E-state index contributed by atoms with van der Waals surface area (Å²) in [5, 5.41) is 6.12. The number of likely N-dealkylation sites (tertiary alicyclic amines) is 1. The van der Waals surface area contributed by atoms with Crippen LogP contribution in [-0.2, 0) is 9.59 Å². The topological polar surface area (TPSA) is 61.4 Å². The number of nitrogens with one attached hydrogen (secondary N) is 2. The van der Waals surface area contributed by atoms with Crippen LogP contribution >= 0.6 is 0 Å². The number of nitrogens with zero attached hydrogens (tertiary/aromatic N) is 1. The molecule has 0 spiro atoms. The maximum absolute atomic E-state index is 12.2. The Labute approximate surface area is 108 Å². The summed E-state index contributed by atoms with van der Waals surface area (Å²) in [6, 6.07) is -0.261. The fourth-order valence-corrected chi connectivity index (χ4v) is 2.73. The standard InChI is InChI=1S/C13H23N3O2/c1-2-14-9-10-5-7-16(8-6-10)13(18)11-3-4-12(17)15-11/h10-11,14H,2-9H2,1H3,(H,15,17)/t11-/m1/s1. The molecule has 2 amide bonds. The van der Waals surface area contributed by atoms with Gasteiger partial charge in [0.05, 0.1) is 0 Å². The molecule has 1 atom stereocenters. The summed E-state index contributed by atoms with van der Waals surface area (Å²) < 4.78 is 0. The monoisotopic (exact) mass is 253 g/mol. The lowest BCUT2D eigenvalue weighted by Gasteiger charge is -2.33. The molecule has 2 heterocycles. The Balaban J connectivity index is 1.75. The Bertz CT molecular complexity index is 311. The average molecular weight is 253 g/mol. The Morgan fingerprint density at radius 3 is 2.67 bits per heavy atom. The first-order valence-electron chi connectivity index (χ1n) is 6.99. The van der Waals surface area contributed by atoms with Gasteiger partial charge in [0.2, 0.25) is 11.8 Å². The molecule has 0 unspecified atom stereocenters. The van der Waals surface area contributed by atoms with E-state index in [1.165, 1.54) is 0 Å². The minimum Gasteiger partial charge on any atom is -0.344 e. The molecule has 2 N–H and O–H groups in total. The van der Waals surface area contributed by atoms with Crippen LogP contribution in [0, 0.1) is 5.92 Å². The molecule has 0 bridgehead atoms. The molecular formula is C13H23N3O2. The molecule has 2 rings (SSSR count). The number of hydrogen-bond donors (Lipinski definition) is 2. The van der Waals surface area contributed by atoms with Gasteiger partial charge in [0.25, 0.3) is 0 Å². The first-order chi connectivity index (χ1) is 8.70. The van der Waals surface area contributed by atoms with Gasteiger partial charge in [0.1, 0.15) is 6.04 Å². The van der Waals surface area contributed by atoms with E-state index < -0.39 is 0 Å². The van der Waals surface area contributed by atoms with E-state index in [0.29, 0.717) is 18.8 Å². The molecule has 2 saturated heterocycles. The third-order valence-electron chi connectivity index (χ3n) is 3.90. The summed E-state index contributed by atoms with van der Waals surface area (Å²) in [5.74, 6) is 0.810. The minimum atomic E-state index is -0.261. The zero-order valence-electron chi connectivity index (χ0n) is 11.1. The molecule has 0 aromatic carbocycles. The molecule has 0 aromatic rings. The average Bonchev–Trinajstić information content (AvgIpc) is 2.83. The summed E-state index contributed by atoms with van der Waals surface area (Å²) in [6.07, 6.45) is 3.29. The van der Waals surface area contributed by atoms with Crippen LogP contribution in [0.4, 0.5) is 0 Å². The van der Waals surface area contributed by atoms with Crippen LogP contribution in [0.2, 0.25) is 0 Å². The minimum absolute atomic E-state index is 0.00961. The summed E-state index contributed by atoms with van der Waals surface area (Å²) in [6.45, 7) is 5.84. The van der Waals surface area contributed by atoms with E-state index in [9.17, 15) is 9.59 Å². The van der Waals surface area contributed by atoms with Crippen LogP contribution in [0.5, 0.6) is 0 Å². The van der Waals surface area contributed by atoms with E-state index in [-0.39, 0.29) is 17.9 Å². The number of carbonyl (C=O) groups is 2. The van der Waals surface area contributed by atoms with Gasteiger partial charge in [0, 0.05) is 19.5 Å². The molecule has 0 aromatic heterocycles. The van der Waals surface area contributed by atoms with E-state index in [0.717, 1.165) is 39.0 Å². The van der Waals surface area contributed by atoms with E-state index in [1.807, 2.05) is 4.90 Å². The largest absolute Gasteiger partial charge is 0.344 e. The van der Waals surface area contributed by atoms with Crippen molar-refractivity contribution in [2.45, 2.75) is 38.6 Å². The Hall–Kier alpha value is -1.10. The molecule has 2 fully saturated rings. The number of rotatable bonds is 4. The third kappa shape index (κ3) is 3.22. The van der Waals surface area contributed by atoms with Gasteiger partial charge in [-0.2, -0.15) is 0 Å². The molecule has 0 saturated carbocycles. The number of piperidine rings is 1. The molecule has 102 valence electrons.